The maximum Gasteiger partial charge on any atom is 0.265 e. The number of benzene rings is 2. The zero-order chi connectivity index (χ0) is 19.6. The molecule has 3 rings (SSSR count). The van der Waals surface area contributed by atoms with E-state index in [0.717, 1.165) is 22.4 Å². The molecule has 6 heteroatoms. The van der Waals surface area contributed by atoms with Crippen LogP contribution in [0.25, 0.3) is 0 Å². The third-order valence-electron chi connectivity index (χ3n) is 4.21. The number of hydrogen-bond donors (Lipinski definition) is 1. The molecule has 1 heterocycles. The van der Waals surface area contributed by atoms with Crippen LogP contribution in [-0.4, -0.2) is 5.91 Å². The maximum absolute atomic E-state index is 13.2. The van der Waals surface area contributed by atoms with Crippen molar-refractivity contribution in [2.45, 2.75) is 27.4 Å². The molecule has 27 heavy (non-hydrogen) atoms. The average Bonchev–Trinajstić information content (AvgIpc) is 3.09. The van der Waals surface area contributed by atoms with Crippen molar-refractivity contribution in [2.24, 2.45) is 0 Å². The van der Waals surface area contributed by atoms with Crippen molar-refractivity contribution >= 4 is 34.5 Å². The monoisotopic (exact) mass is 403 g/mol. The van der Waals surface area contributed by atoms with Crippen molar-refractivity contribution in [1.29, 1.82) is 0 Å². The van der Waals surface area contributed by atoms with Gasteiger partial charge in [-0.25, -0.2) is 4.39 Å². The SMILES string of the molecule is Cc1cc(C)c(C)c(OCc2csc(C(=O)Nc3ccc(F)c(Cl)c3)c2)c1. The number of carbonyl (C=O) groups excluding carboxylic acids is 1. The van der Waals surface area contributed by atoms with Crippen molar-refractivity contribution in [1.82, 2.24) is 0 Å². The topological polar surface area (TPSA) is 38.3 Å². The number of halogens is 2. The lowest BCUT2D eigenvalue weighted by Gasteiger charge is -2.11. The largest absolute Gasteiger partial charge is 0.489 e. The van der Waals surface area contributed by atoms with Crippen molar-refractivity contribution in [3.05, 3.63) is 79.7 Å². The third kappa shape index (κ3) is 4.67. The molecule has 0 aliphatic carbocycles. The summed E-state index contributed by atoms with van der Waals surface area (Å²) in [7, 11) is 0. The van der Waals surface area contributed by atoms with Crippen LogP contribution in [0.5, 0.6) is 5.75 Å². The predicted molar refractivity (Wildman–Crippen MR) is 109 cm³/mol. The summed E-state index contributed by atoms with van der Waals surface area (Å²) in [6.07, 6.45) is 0. The van der Waals surface area contributed by atoms with Gasteiger partial charge in [-0.05, 0) is 73.2 Å². The quantitative estimate of drug-likeness (QED) is 0.543. The first-order chi connectivity index (χ1) is 12.8. The number of thiophene rings is 1. The molecule has 3 nitrogen and oxygen atoms in total. The molecular formula is C21H19ClFNO2S. The molecule has 0 radical (unpaired) electrons. The Morgan fingerprint density at radius 1 is 1.19 bits per heavy atom. The van der Waals surface area contributed by atoms with Gasteiger partial charge in [0.1, 0.15) is 18.2 Å². The molecule has 0 saturated carbocycles. The second kappa shape index (κ2) is 8.11. The smallest absolute Gasteiger partial charge is 0.265 e. The molecule has 0 aliphatic rings. The Bertz CT molecular complexity index is 1000. The summed E-state index contributed by atoms with van der Waals surface area (Å²) >= 11 is 7.07. The van der Waals surface area contributed by atoms with Gasteiger partial charge in [-0.2, -0.15) is 0 Å². The molecule has 1 amide bonds. The highest BCUT2D eigenvalue weighted by Crippen LogP contribution is 2.26. The summed E-state index contributed by atoms with van der Waals surface area (Å²) in [5, 5.41) is 4.58. The zero-order valence-electron chi connectivity index (χ0n) is 15.2. The number of anilines is 1. The predicted octanol–water partition coefficient (Wildman–Crippen LogP) is 6.30. The fourth-order valence-electron chi connectivity index (χ4n) is 2.65. The van der Waals surface area contributed by atoms with Gasteiger partial charge in [0.05, 0.1) is 9.90 Å². The Morgan fingerprint density at radius 2 is 1.96 bits per heavy atom. The summed E-state index contributed by atoms with van der Waals surface area (Å²) in [6.45, 7) is 6.51. The van der Waals surface area contributed by atoms with Gasteiger partial charge >= 0.3 is 0 Å². The van der Waals surface area contributed by atoms with Gasteiger partial charge in [0, 0.05) is 11.3 Å². The Morgan fingerprint density at radius 3 is 2.70 bits per heavy atom. The molecule has 0 fully saturated rings. The first-order valence-electron chi connectivity index (χ1n) is 8.38. The number of carbonyl (C=O) groups is 1. The number of aryl methyl sites for hydroxylation is 2. The standard InChI is InChI=1S/C21H19ClFNO2S/c1-12-6-13(2)14(3)19(7-12)26-10-15-8-20(27-11-15)21(25)24-16-4-5-18(23)17(22)9-16/h4-9,11H,10H2,1-3H3,(H,24,25). The van der Waals surface area contributed by atoms with Crippen molar-refractivity contribution in [3.8, 4) is 5.75 Å². The van der Waals surface area contributed by atoms with Crippen LogP contribution in [0.15, 0.2) is 41.8 Å². The van der Waals surface area contributed by atoms with Crippen molar-refractivity contribution < 1.29 is 13.9 Å². The number of rotatable bonds is 5. The van der Waals surface area contributed by atoms with E-state index in [4.69, 9.17) is 16.3 Å². The van der Waals surface area contributed by atoms with Gasteiger partial charge in [-0.1, -0.05) is 17.7 Å². The normalized spacial score (nSPS) is 10.7. The highest BCUT2D eigenvalue weighted by atomic mass is 35.5. The van der Waals surface area contributed by atoms with Crippen LogP contribution < -0.4 is 10.1 Å². The van der Waals surface area contributed by atoms with E-state index in [1.54, 1.807) is 6.07 Å². The Balaban J connectivity index is 1.66. The Labute approximate surface area is 166 Å². The summed E-state index contributed by atoms with van der Waals surface area (Å²) in [5.74, 6) is 0.0639. The fraction of sp³-hybridized carbons (Fsp3) is 0.190. The molecule has 0 saturated heterocycles. The Hall–Kier alpha value is -2.37. The van der Waals surface area contributed by atoms with Crippen LogP contribution in [0.4, 0.5) is 10.1 Å². The van der Waals surface area contributed by atoms with Crippen LogP contribution in [0.1, 0.15) is 31.9 Å². The maximum atomic E-state index is 13.2. The molecule has 3 aromatic rings. The van der Waals surface area contributed by atoms with Gasteiger partial charge in [0.15, 0.2) is 0 Å². The van der Waals surface area contributed by atoms with Crippen molar-refractivity contribution in [2.75, 3.05) is 5.32 Å². The summed E-state index contributed by atoms with van der Waals surface area (Å²) in [6, 6.07) is 10.0. The number of ether oxygens (including phenoxy) is 1. The molecule has 0 unspecified atom stereocenters. The van der Waals surface area contributed by atoms with Gasteiger partial charge in [-0.15, -0.1) is 11.3 Å². The molecule has 2 aromatic carbocycles. The van der Waals surface area contributed by atoms with Crippen LogP contribution >= 0.6 is 22.9 Å². The molecule has 1 aromatic heterocycles. The average molecular weight is 404 g/mol. The number of hydrogen-bond acceptors (Lipinski definition) is 3. The molecular weight excluding hydrogens is 385 g/mol. The van der Waals surface area contributed by atoms with E-state index in [9.17, 15) is 9.18 Å². The molecule has 0 bridgehead atoms. The summed E-state index contributed by atoms with van der Waals surface area (Å²) in [5.41, 5.74) is 4.82. The van der Waals surface area contributed by atoms with E-state index in [0.29, 0.717) is 17.2 Å². The minimum absolute atomic E-state index is 0.0307. The first-order valence-corrected chi connectivity index (χ1v) is 9.63. The second-order valence-corrected chi connectivity index (χ2v) is 7.71. The second-order valence-electron chi connectivity index (χ2n) is 6.40. The van der Waals surface area contributed by atoms with E-state index in [1.165, 1.54) is 35.1 Å². The zero-order valence-corrected chi connectivity index (χ0v) is 16.8. The lowest BCUT2D eigenvalue weighted by Crippen LogP contribution is -2.10. The van der Waals surface area contributed by atoms with Crippen LogP contribution in [0.3, 0.4) is 0 Å². The van der Waals surface area contributed by atoms with E-state index in [-0.39, 0.29) is 10.9 Å². The highest BCUT2D eigenvalue weighted by Gasteiger charge is 2.12. The number of amides is 1. The summed E-state index contributed by atoms with van der Waals surface area (Å²) in [4.78, 5) is 12.9. The van der Waals surface area contributed by atoms with E-state index in [1.807, 2.05) is 25.3 Å². The Kier molecular flexibility index (Phi) is 5.82. The van der Waals surface area contributed by atoms with E-state index < -0.39 is 5.82 Å². The molecule has 140 valence electrons. The van der Waals surface area contributed by atoms with E-state index in [2.05, 4.69) is 18.3 Å². The minimum atomic E-state index is -0.521. The van der Waals surface area contributed by atoms with Crippen LogP contribution in [0, 0.1) is 26.6 Å². The molecule has 0 spiro atoms. The van der Waals surface area contributed by atoms with E-state index >= 15 is 0 Å². The number of nitrogens with one attached hydrogen (secondary N) is 1. The van der Waals surface area contributed by atoms with Crippen LogP contribution in [0.2, 0.25) is 5.02 Å². The molecule has 0 atom stereocenters. The molecule has 1 N–H and O–H groups in total. The van der Waals surface area contributed by atoms with Crippen molar-refractivity contribution in [3.63, 3.8) is 0 Å². The van der Waals surface area contributed by atoms with Gasteiger partial charge in [0.2, 0.25) is 0 Å². The fourth-order valence-corrected chi connectivity index (χ4v) is 3.62. The highest BCUT2D eigenvalue weighted by molar-refractivity contribution is 7.12. The first kappa shape index (κ1) is 19.4. The van der Waals surface area contributed by atoms with Gasteiger partial charge in [-0.3, -0.25) is 4.79 Å². The lowest BCUT2D eigenvalue weighted by atomic mass is 10.1. The van der Waals surface area contributed by atoms with Gasteiger partial charge < -0.3 is 10.1 Å². The minimum Gasteiger partial charge on any atom is -0.489 e. The van der Waals surface area contributed by atoms with Gasteiger partial charge in [0.25, 0.3) is 5.91 Å². The lowest BCUT2D eigenvalue weighted by molar-refractivity contribution is 0.103. The third-order valence-corrected chi connectivity index (χ3v) is 5.48. The van der Waals surface area contributed by atoms with Crippen LogP contribution in [-0.2, 0) is 6.61 Å². The summed E-state index contributed by atoms with van der Waals surface area (Å²) < 4.78 is 19.1. The molecule has 0 aliphatic heterocycles.